The molecule has 1 aromatic heterocycles. The molecule has 0 aromatic carbocycles. The minimum absolute atomic E-state index is 0. The first-order valence-electron chi connectivity index (χ1n) is 2.87. The third-order valence-electron chi connectivity index (χ3n) is 1.13. The maximum Gasteiger partial charge on any atom is 0.208 e. The Bertz CT molecular complexity index is 283. The van der Waals surface area contributed by atoms with Gasteiger partial charge in [-0.05, 0) is 12.1 Å². The van der Waals surface area contributed by atoms with Crippen LogP contribution in [0.15, 0.2) is 24.5 Å². The number of ketones is 1. The lowest BCUT2D eigenvalue weighted by molar-refractivity contribution is -0.296. The van der Waals surface area contributed by atoms with Gasteiger partial charge in [0, 0.05) is 18.0 Å². The highest BCUT2D eigenvalue weighted by atomic mass is 16.4. The first kappa shape index (κ1) is 10.2. The van der Waals surface area contributed by atoms with E-state index in [1.165, 1.54) is 24.5 Å². The zero-order valence-corrected chi connectivity index (χ0v) is 5.98. The predicted octanol–water partition coefficient (Wildman–Crippen LogP) is -1.81. The lowest BCUT2D eigenvalue weighted by atomic mass is 10.2. The predicted molar refractivity (Wildman–Crippen MR) is 37.2 cm³/mol. The summed E-state index contributed by atoms with van der Waals surface area (Å²) in [5, 5.41) is 10.0. The molecule has 0 fully saturated rings. The maximum atomic E-state index is 10.7. The van der Waals surface area contributed by atoms with Gasteiger partial charge in [0.2, 0.25) is 5.78 Å². The number of pyridine rings is 1. The average molecular weight is 168 g/mol. The molecule has 0 bridgehead atoms. The molecule has 1 heterocycles. The van der Waals surface area contributed by atoms with Crippen LogP contribution in [-0.4, -0.2) is 22.2 Å². The Labute approximate surface area is 68.0 Å². The SMILES string of the molecule is O.O=C([O-])C(=O)c1ccncc1. The van der Waals surface area contributed by atoms with E-state index in [1.54, 1.807) is 0 Å². The molecule has 0 aliphatic carbocycles. The van der Waals surface area contributed by atoms with Crippen LogP contribution in [0.5, 0.6) is 0 Å². The topological polar surface area (TPSA) is 102 Å². The molecule has 0 atom stereocenters. The standard InChI is InChI=1S/C7H5NO3.H2O/c9-6(7(10)11)5-1-3-8-4-2-5;/h1-4H,(H,10,11);1H2/p-1. The smallest absolute Gasteiger partial charge is 0.208 e. The molecule has 0 saturated carbocycles. The van der Waals surface area contributed by atoms with Gasteiger partial charge in [-0.3, -0.25) is 9.78 Å². The number of hydrogen-bond acceptors (Lipinski definition) is 4. The van der Waals surface area contributed by atoms with Crippen LogP contribution in [0.3, 0.4) is 0 Å². The number of hydrogen-bond donors (Lipinski definition) is 0. The molecular formula is C7H6NO4-. The summed E-state index contributed by atoms with van der Waals surface area (Å²) >= 11 is 0. The Morgan fingerprint density at radius 3 is 2.17 bits per heavy atom. The monoisotopic (exact) mass is 168 g/mol. The van der Waals surface area contributed by atoms with Gasteiger partial charge in [-0.2, -0.15) is 0 Å². The van der Waals surface area contributed by atoms with Gasteiger partial charge in [0.15, 0.2) is 0 Å². The molecule has 0 aliphatic heterocycles. The third kappa shape index (κ3) is 2.14. The van der Waals surface area contributed by atoms with Crippen LogP contribution in [0.2, 0.25) is 0 Å². The molecule has 1 aromatic rings. The molecule has 2 N–H and O–H groups in total. The fraction of sp³-hybridized carbons (Fsp3) is 0. The van der Waals surface area contributed by atoms with Crippen molar-refractivity contribution in [2.75, 3.05) is 0 Å². The van der Waals surface area contributed by atoms with E-state index >= 15 is 0 Å². The number of carboxylic acids is 1. The van der Waals surface area contributed by atoms with Gasteiger partial charge in [0.05, 0.1) is 0 Å². The second-order valence-electron chi connectivity index (χ2n) is 1.85. The Morgan fingerprint density at radius 1 is 1.25 bits per heavy atom. The number of aromatic nitrogens is 1. The lowest BCUT2D eigenvalue weighted by Gasteiger charge is -1.98. The molecule has 0 spiro atoms. The average Bonchev–Trinajstić information content (AvgIpc) is 2.05. The van der Waals surface area contributed by atoms with Gasteiger partial charge in [0.25, 0.3) is 0 Å². The van der Waals surface area contributed by atoms with Crippen molar-refractivity contribution in [2.45, 2.75) is 0 Å². The van der Waals surface area contributed by atoms with Crippen LogP contribution in [0, 0.1) is 0 Å². The number of aliphatic carboxylic acids is 1. The Morgan fingerprint density at radius 2 is 1.75 bits per heavy atom. The van der Waals surface area contributed by atoms with E-state index in [1.807, 2.05) is 0 Å². The van der Waals surface area contributed by atoms with Crippen LogP contribution in [0.4, 0.5) is 0 Å². The molecule has 1 rings (SSSR count). The first-order chi connectivity index (χ1) is 5.22. The summed E-state index contributed by atoms with van der Waals surface area (Å²) in [5.41, 5.74) is 0.0833. The van der Waals surface area contributed by atoms with Crippen LogP contribution in [-0.2, 0) is 4.79 Å². The Balaban J connectivity index is 0.00000121. The van der Waals surface area contributed by atoms with Crippen molar-refractivity contribution >= 4 is 11.8 Å². The first-order valence-corrected chi connectivity index (χ1v) is 2.87. The number of nitrogens with zero attached hydrogens (tertiary/aromatic N) is 1. The molecule has 0 amide bonds. The summed E-state index contributed by atoms with van der Waals surface area (Å²) in [6.07, 6.45) is 2.69. The van der Waals surface area contributed by atoms with Gasteiger partial charge in [-0.1, -0.05) is 0 Å². The van der Waals surface area contributed by atoms with Gasteiger partial charge in [-0.25, -0.2) is 0 Å². The van der Waals surface area contributed by atoms with Gasteiger partial charge >= 0.3 is 0 Å². The summed E-state index contributed by atoms with van der Waals surface area (Å²) in [6.45, 7) is 0. The molecule has 0 radical (unpaired) electrons. The van der Waals surface area contributed by atoms with Gasteiger partial charge in [0.1, 0.15) is 5.97 Å². The van der Waals surface area contributed by atoms with E-state index in [9.17, 15) is 14.7 Å². The second-order valence-corrected chi connectivity index (χ2v) is 1.85. The minimum atomic E-state index is -1.70. The number of carbonyl (C=O) groups excluding carboxylic acids is 2. The highest BCUT2D eigenvalue weighted by Crippen LogP contribution is 1.95. The van der Waals surface area contributed by atoms with E-state index in [0.29, 0.717) is 0 Å². The third-order valence-corrected chi connectivity index (χ3v) is 1.13. The quantitative estimate of drug-likeness (QED) is 0.383. The van der Waals surface area contributed by atoms with Gasteiger partial charge < -0.3 is 15.4 Å². The number of carbonyl (C=O) groups is 2. The maximum absolute atomic E-state index is 10.7. The fourth-order valence-corrected chi connectivity index (χ4v) is 0.621. The van der Waals surface area contributed by atoms with Crippen LogP contribution in [0.25, 0.3) is 0 Å². The normalized spacial score (nSPS) is 8.33. The molecular weight excluding hydrogens is 162 g/mol. The van der Waals surface area contributed by atoms with Gasteiger partial charge in [-0.15, -0.1) is 0 Å². The van der Waals surface area contributed by atoms with Crippen molar-refractivity contribution in [1.82, 2.24) is 4.98 Å². The molecule has 64 valence electrons. The summed E-state index contributed by atoms with van der Waals surface area (Å²) < 4.78 is 0. The zero-order chi connectivity index (χ0) is 8.27. The van der Waals surface area contributed by atoms with Crippen molar-refractivity contribution in [3.8, 4) is 0 Å². The lowest BCUT2D eigenvalue weighted by Crippen LogP contribution is -2.31. The van der Waals surface area contributed by atoms with Crippen LogP contribution >= 0.6 is 0 Å². The van der Waals surface area contributed by atoms with E-state index in [4.69, 9.17) is 0 Å². The van der Waals surface area contributed by atoms with E-state index in [0.717, 1.165) is 0 Å². The number of Topliss-reactive ketones (excluding diaryl/α,β-unsaturated/α-hetero) is 1. The Hall–Kier alpha value is -1.75. The zero-order valence-electron chi connectivity index (χ0n) is 5.98. The Kier molecular flexibility index (Phi) is 3.58. The number of rotatable bonds is 2. The van der Waals surface area contributed by atoms with Crippen LogP contribution in [0.1, 0.15) is 10.4 Å². The van der Waals surface area contributed by atoms with Crippen molar-refractivity contribution in [1.29, 1.82) is 0 Å². The van der Waals surface area contributed by atoms with Crippen molar-refractivity contribution in [3.63, 3.8) is 0 Å². The summed E-state index contributed by atoms with van der Waals surface area (Å²) in [7, 11) is 0. The largest absolute Gasteiger partial charge is 0.541 e. The molecule has 12 heavy (non-hydrogen) atoms. The highest BCUT2D eigenvalue weighted by molar-refractivity contribution is 6.38. The van der Waals surface area contributed by atoms with Crippen molar-refractivity contribution in [3.05, 3.63) is 30.1 Å². The van der Waals surface area contributed by atoms with Crippen LogP contribution < -0.4 is 5.11 Å². The fourth-order valence-electron chi connectivity index (χ4n) is 0.621. The molecule has 5 heteroatoms. The van der Waals surface area contributed by atoms with E-state index < -0.39 is 11.8 Å². The number of carboxylic acid groups (broad SMARTS) is 1. The molecule has 5 nitrogen and oxygen atoms in total. The van der Waals surface area contributed by atoms with Crippen molar-refractivity contribution < 1.29 is 20.2 Å². The molecule has 0 saturated heterocycles. The summed E-state index contributed by atoms with van der Waals surface area (Å²) in [6, 6.07) is 2.64. The molecule has 0 aliphatic rings. The van der Waals surface area contributed by atoms with E-state index in [-0.39, 0.29) is 11.0 Å². The summed E-state index contributed by atoms with van der Waals surface area (Å²) in [5.74, 6) is -2.72. The highest BCUT2D eigenvalue weighted by Gasteiger charge is 2.04. The summed E-state index contributed by atoms with van der Waals surface area (Å²) in [4.78, 5) is 24.3. The minimum Gasteiger partial charge on any atom is -0.541 e. The van der Waals surface area contributed by atoms with E-state index in [2.05, 4.69) is 4.98 Å². The van der Waals surface area contributed by atoms with Crippen molar-refractivity contribution in [2.24, 2.45) is 0 Å². The molecule has 0 unspecified atom stereocenters. The second kappa shape index (κ2) is 4.20.